The Morgan fingerprint density at radius 3 is 3.00 bits per heavy atom. The summed E-state index contributed by atoms with van der Waals surface area (Å²) in [5, 5.41) is 4.86. The molecule has 2 heterocycles. The van der Waals surface area contributed by atoms with E-state index in [-0.39, 0.29) is 0 Å². The minimum absolute atomic E-state index is 1.16. The van der Waals surface area contributed by atoms with Crippen LogP contribution in [0.5, 0.6) is 0 Å². The van der Waals surface area contributed by atoms with E-state index in [1.54, 1.807) is 0 Å². The first-order valence-corrected chi connectivity index (χ1v) is 7.91. The molecule has 0 spiro atoms. The Labute approximate surface area is 121 Å². The number of fused-ring (bicyclic) bond motifs is 1. The third kappa shape index (κ3) is 3.41. The maximum Gasteiger partial charge on any atom is 0.0456 e. The number of aromatic nitrogens is 1. The Morgan fingerprint density at radius 2 is 2.00 bits per heavy atom. The molecule has 1 aliphatic heterocycles. The van der Waals surface area contributed by atoms with Gasteiger partial charge in [0.25, 0.3) is 0 Å². The Balaban J connectivity index is 1.45. The summed E-state index contributed by atoms with van der Waals surface area (Å²) >= 11 is 0. The van der Waals surface area contributed by atoms with Gasteiger partial charge in [-0.05, 0) is 56.9 Å². The second kappa shape index (κ2) is 6.91. The molecular weight excluding hydrogens is 246 g/mol. The Kier molecular flexibility index (Phi) is 4.72. The van der Waals surface area contributed by atoms with Crippen molar-refractivity contribution in [3.63, 3.8) is 0 Å². The van der Waals surface area contributed by atoms with Gasteiger partial charge in [-0.1, -0.05) is 18.2 Å². The number of hydrogen-bond donors (Lipinski definition) is 2. The number of H-pyrrole nitrogens is 1. The SMILES string of the molecule is c1ccc2c(CCCCN3CCCNCC3)c[nH]c2c1. The van der Waals surface area contributed by atoms with Crippen molar-refractivity contribution in [3.05, 3.63) is 36.0 Å². The molecule has 1 aromatic heterocycles. The fourth-order valence-corrected chi connectivity index (χ4v) is 3.11. The largest absolute Gasteiger partial charge is 0.361 e. The highest BCUT2D eigenvalue weighted by Crippen LogP contribution is 2.19. The van der Waals surface area contributed by atoms with Gasteiger partial charge < -0.3 is 15.2 Å². The molecule has 1 aliphatic rings. The zero-order valence-corrected chi connectivity index (χ0v) is 12.2. The van der Waals surface area contributed by atoms with Gasteiger partial charge in [0.1, 0.15) is 0 Å². The number of benzene rings is 1. The predicted molar refractivity (Wildman–Crippen MR) is 85.2 cm³/mol. The van der Waals surface area contributed by atoms with Crippen molar-refractivity contribution in [2.24, 2.45) is 0 Å². The van der Waals surface area contributed by atoms with Gasteiger partial charge >= 0.3 is 0 Å². The first-order valence-electron chi connectivity index (χ1n) is 7.91. The van der Waals surface area contributed by atoms with Gasteiger partial charge in [-0.3, -0.25) is 0 Å². The number of unbranched alkanes of at least 4 members (excludes halogenated alkanes) is 1. The monoisotopic (exact) mass is 271 g/mol. The predicted octanol–water partition coefficient (Wildman–Crippen LogP) is 2.79. The minimum atomic E-state index is 1.16. The van der Waals surface area contributed by atoms with Crippen LogP contribution in [-0.2, 0) is 6.42 Å². The first-order chi connectivity index (χ1) is 9.93. The summed E-state index contributed by atoms with van der Waals surface area (Å²) in [6.45, 7) is 6.07. The summed E-state index contributed by atoms with van der Waals surface area (Å²) in [4.78, 5) is 5.97. The van der Waals surface area contributed by atoms with Gasteiger partial charge in [-0.2, -0.15) is 0 Å². The fourth-order valence-electron chi connectivity index (χ4n) is 3.11. The topological polar surface area (TPSA) is 31.1 Å². The number of aromatic amines is 1. The molecule has 0 unspecified atom stereocenters. The van der Waals surface area contributed by atoms with E-state index in [0.29, 0.717) is 0 Å². The maximum absolute atomic E-state index is 3.46. The summed E-state index contributed by atoms with van der Waals surface area (Å²) in [5.41, 5.74) is 2.74. The molecule has 0 radical (unpaired) electrons. The molecule has 20 heavy (non-hydrogen) atoms. The van der Waals surface area contributed by atoms with E-state index in [2.05, 4.69) is 45.7 Å². The molecule has 3 heteroatoms. The molecule has 2 N–H and O–H groups in total. The molecule has 108 valence electrons. The number of nitrogens with one attached hydrogen (secondary N) is 2. The summed E-state index contributed by atoms with van der Waals surface area (Å²) in [6, 6.07) is 8.60. The van der Waals surface area contributed by atoms with Crippen LogP contribution in [0.4, 0.5) is 0 Å². The molecule has 0 saturated carbocycles. The Hall–Kier alpha value is -1.32. The van der Waals surface area contributed by atoms with Crippen LogP contribution in [0.15, 0.2) is 30.5 Å². The van der Waals surface area contributed by atoms with Gasteiger partial charge in [-0.15, -0.1) is 0 Å². The summed E-state index contributed by atoms with van der Waals surface area (Å²) in [6.07, 6.45) is 7.25. The molecule has 1 saturated heterocycles. The van der Waals surface area contributed by atoms with Crippen LogP contribution in [0.25, 0.3) is 10.9 Å². The van der Waals surface area contributed by atoms with Crippen LogP contribution in [0, 0.1) is 0 Å². The number of aryl methyl sites for hydroxylation is 1. The first kappa shape index (κ1) is 13.7. The molecule has 3 rings (SSSR count). The number of para-hydroxylation sites is 1. The average molecular weight is 271 g/mol. The summed E-state index contributed by atoms with van der Waals surface area (Å²) in [7, 11) is 0. The summed E-state index contributed by atoms with van der Waals surface area (Å²) < 4.78 is 0. The van der Waals surface area contributed by atoms with Crippen LogP contribution in [0.2, 0.25) is 0 Å². The van der Waals surface area contributed by atoms with E-state index in [1.807, 2.05) is 0 Å². The lowest BCUT2D eigenvalue weighted by molar-refractivity contribution is 0.286. The molecule has 0 bridgehead atoms. The van der Waals surface area contributed by atoms with Crippen LogP contribution >= 0.6 is 0 Å². The third-order valence-electron chi connectivity index (χ3n) is 4.28. The van der Waals surface area contributed by atoms with Gasteiger partial charge in [0.15, 0.2) is 0 Å². The minimum Gasteiger partial charge on any atom is -0.361 e. The lowest BCUT2D eigenvalue weighted by atomic mass is 10.1. The fraction of sp³-hybridized carbons (Fsp3) is 0.529. The smallest absolute Gasteiger partial charge is 0.0456 e. The molecule has 0 amide bonds. The molecule has 1 fully saturated rings. The van der Waals surface area contributed by atoms with E-state index in [0.717, 1.165) is 6.54 Å². The van der Waals surface area contributed by atoms with E-state index in [1.165, 1.54) is 68.3 Å². The second-order valence-corrected chi connectivity index (χ2v) is 5.76. The van der Waals surface area contributed by atoms with Crippen molar-refractivity contribution in [2.45, 2.75) is 25.7 Å². The van der Waals surface area contributed by atoms with Crippen molar-refractivity contribution in [1.29, 1.82) is 0 Å². The highest BCUT2D eigenvalue weighted by molar-refractivity contribution is 5.82. The van der Waals surface area contributed by atoms with Gasteiger partial charge in [-0.25, -0.2) is 0 Å². The number of nitrogens with zero attached hydrogens (tertiary/aromatic N) is 1. The van der Waals surface area contributed by atoms with E-state index < -0.39 is 0 Å². The standard InChI is InChI=1S/C17H25N3/c1-2-8-17-16(7-1)15(14-19-17)6-3-4-11-20-12-5-9-18-10-13-20/h1-2,7-8,14,18-19H,3-6,9-13H2. The van der Waals surface area contributed by atoms with Crippen LogP contribution in [0.1, 0.15) is 24.8 Å². The molecule has 0 aliphatic carbocycles. The summed E-state index contributed by atoms with van der Waals surface area (Å²) in [5.74, 6) is 0. The molecule has 2 aromatic rings. The van der Waals surface area contributed by atoms with Gasteiger partial charge in [0.2, 0.25) is 0 Å². The normalized spacial score (nSPS) is 17.4. The van der Waals surface area contributed by atoms with E-state index in [4.69, 9.17) is 0 Å². The van der Waals surface area contributed by atoms with Crippen molar-refractivity contribution in [3.8, 4) is 0 Å². The number of hydrogen-bond acceptors (Lipinski definition) is 2. The highest BCUT2D eigenvalue weighted by Gasteiger charge is 2.08. The van der Waals surface area contributed by atoms with Gasteiger partial charge in [0, 0.05) is 30.2 Å². The van der Waals surface area contributed by atoms with E-state index >= 15 is 0 Å². The van der Waals surface area contributed by atoms with Crippen molar-refractivity contribution >= 4 is 10.9 Å². The maximum atomic E-state index is 3.46. The Morgan fingerprint density at radius 1 is 1.05 bits per heavy atom. The second-order valence-electron chi connectivity index (χ2n) is 5.76. The van der Waals surface area contributed by atoms with Crippen LogP contribution < -0.4 is 5.32 Å². The third-order valence-corrected chi connectivity index (χ3v) is 4.28. The zero-order valence-electron chi connectivity index (χ0n) is 12.2. The van der Waals surface area contributed by atoms with E-state index in [9.17, 15) is 0 Å². The molecule has 1 aromatic carbocycles. The molecular formula is C17H25N3. The van der Waals surface area contributed by atoms with Crippen LogP contribution in [0.3, 0.4) is 0 Å². The van der Waals surface area contributed by atoms with Crippen LogP contribution in [-0.4, -0.2) is 42.6 Å². The lowest BCUT2D eigenvalue weighted by Crippen LogP contribution is -2.29. The quantitative estimate of drug-likeness (QED) is 0.819. The van der Waals surface area contributed by atoms with Crippen molar-refractivity contribution < 1.29 is 0 Å². The average Bonchev–Trinajstić information content (AvgIpc) is 2.71. The Bertz CT molecular complexity index is 524. The van der Waals surface area contributed by atoms with Gasteiger partial charge in [0.05, 0.1) is 0 Å². The lowest BCUT2D eigenvalue weighted by Gasteiger charge is -2.18. The van der Waals surface area contributed by atoms with Crippen molar-refractivity contribution in [1.82, 2.24) is 15.2 Å². The molecule has 3 nitrogen and oxygen atoms in total. The van der Waals surface area contributed by atoms with Crippen molar-refractivity contribution in [2.75, 3.05) is 32.7 Å². The zero-order chi connectivity index (χ0) is 13.6. The molecule has 0 atom stereocenters. The highest BCUT2D eigenvalue weighted by atomic mass is 15.1. The number of rotatable bonds is 5.